The van der Waals surface area contributed by atoms with Crippen LogP contribution in [0.15, 0.2) is 60.7 Å². The summed E-state index contributed by atoms with van der Waals surface area (Å²) in [5.41, 5.74) is 3.96. The molecule has 2 aromatic heterocycles. The molecule has 1 aliphatic heterocycles. The highest BCUT2D eigenvalue weighted by Gasteiger charge is 2.32. The number of fused-ring (bicyclic) bond motifs is 1. The third kappa shape index (κ3) is 4.51. The highest BCUT2D eigenvalue weighted by Crippen LogP contribution is 2.32. The summed E-state index contributed by atoms with van der Waals surface area (Å²) in [4.78, 5) is 18.3. The molecule has 180 valence electrons. The number of carbonyl (C=O) groups excluding carboxylic acids is 1. The number of pyridine rings is 1. The van der Waals surface area contributed by atoms with Gasteiger partial charge in [0.05, 0.1) is 47.0 Å². The van der Waals surface area contributed by atoms with E-state index in [0.717, 1.165) is 11.1 Å². The summed E-state index contributed by atoms with van der Waals surface area (Å²) in [5.74, 6) is 0.588. The molecule has 5 rings (SSSR count). The van der Waals surface area contributed by atoms with Gasteiger partial charge in [0, 0.05) is 17.7 Å². The molecule has 0 saturated carbocycles. The van der Waals surface area contributed by atoms with E-state index < -0.39 is 9.84 Å². The first kappa shape index (κ1) is 23.0. The van der Waals surface area contributed by atoms with Crippen molar-refractivity contribution in [2.75, 3.05) is 18.6 Å². The number of nitrogens with zero attached hydrogens (tertiary/aromatic N) is 3. The normalized spacial score (nSPS) is 16.9. The Labute approximate surface area is 203 Å². The second-order valence-electron chi connectivity index (χ2n) is 8.70. The van der Waals surface area contributed by atoms with Crippen molar-refractivity contribution in [3.63, 3.8) is 0 Å². The topological polar surface area (TPSA) is 103 Å². The molecule has 1 aliphatic rings. The molecular weight excluding hydrogens is 464 g/mol. The summed E-state index contributed by atoms with van der Waals surface area (Å²) in [6, 6.07) is 18.6. The van der Waals surface area contributed by atoms with Crippen LogP contribution in [-0.4, -0.2) is 47.7 Å². The molecule has 2 aromatic carbocycles. The first-order valence-electron chi connectivity index (χ1n) is 11.4. The van der Waals surface area contributed by atoms with Crippen LogP contribution in [0.5, 0.6) is 5.75 Å². The minimum absolute atomic E-state index is 0.0236. The number of rotatable bonds is 6. The maximum atomic E-state index is 13.5. The highest BCUT2D eigenvalue weighted by atomic mass is 32.2. The molecule has 1 fully saturated rings. The van der Waals surface area contributed by atoms with Gasteiger partial charge in [-0.15, -0.1) is 0 Å². The molecule has 1 N–H and O–H groups in total. The fraction of sp³-hybridized carbons (Fsp3) is 0.269. The van der Waals surface area contributed by atoms with Crippen LogP contribution in [0.2, 0.25) is 0 Å². The average Bonchev–Trinajstić information content (AvgIpc) is 3.41. The molecule has 35 heavy (non-hydrogen) atoms. The van der Waals surface area contributed by atoms with Crippen molar-refractivity contribution in [3.8, 4) is 17.0 Å². The lowest BCUT2D eigenvalue weighted by molar-refractivity contribution is 0.0952. The number of methoxy groups -OCH3 is 1. The third-order valence-electron chi connectivity index (χ3n) is 6.34. The van der Waals surface area contributed by atoms with Gasteiger partial charge < -0.3 is 10.1 Å². The van der Waals surface area contributed by atoms with Gasteiger partial charge in [-0.3, -0.25) is 4.79 Å². The van der Waals surface area contributed by atoms with Gasteiger partial charge in [-0.2, -0.15) is 5.10 Å². The lowest BCUT2D eigenvalue weighted by atomic mass is 10.0. The number of para-hydroxylation sites is 1. The number of hydrogen-bond donors (Lipinski definition) is 1. The maximum Gasteiger partial charge on any atom is 0.252 e. The molecule has 1 unspecified atom stereocenters. The molecule has 0 aliphatic carbocycles. The van der Waals surface area contributed by atoms with Crippen molar-refractivity contribution in [2.45, 2.75) is 25.9 Å². The Kier molecular flexibility index (Phi) is 6.02. The van der Waals surface area contributed by atoms with E-state index in [0.29, 0.717) is 46.7 Å². The average molecular weight is 491 g/mol. The Balaban J connectivity index is 1.60. The molecule has 0 spiro atoms. The SMILES string of the molecule is COc1ccccc1CNC(=O)c1cc(-c2ccccc2)nc2c1c(C)nn2C1CCS(=O)(=O)C1. The van der Waals surface area contributed by atoms with E-state index in [1.807, 2.05) is 61.5 Å². The Bertz CT molecular complexity index is 1510. The van der Waals surface area contributed by atoms with Crippen molar-refractivity contribution in [1.82, 2.24) is 20.1 Å². The van der Waals surface area contributed by atoms with Crippen LogP contribution in [0.3, 0.4) is 0 Å². The smallest absolute Gasteiger partial charge is 0.252 e. The lowest BCUT2D eigenvalue weighted by Gasteiger charge is -2.13. The van der Waals surface area contributed by atoms with Crippen LogP contribution in [0, 0.1) is 6.92 Å². The molecule has 0 radical (unpaired) electrons. The summed E-state index contributed by atoms with van der Waals surface area (Å²) in [6.07, 6.45) is 0.477. The van der Waals surface area contributed by atoms with E-state index in [9.17, 15) is 13.2 Å². The molecule has 0 bridgehead atoms. The third-order valence-corrected chi connectivity index (χ3v) is 8.09. The molecule has 1 saturated heterocycles. The Morgan fingerprint density at radius 2 is 1.89 bits per heavy atom. The monoisotopic (exact) mass is 490 g/mol. The number of benzene rings is 2. The summed E-state index contributed by atoms with van der Waals surface area (Å²) in [5, 5.41) is 8.28. The van der Waals surface area contributed by atoms with Crippen LogP contribution in [0.25, 0.3) is 22.3 Å². The molecule has 1 amide bonds. The number of hydrogen-bond acceptors (Lipinski definition) is 6. The van der Waals surface area contributed by atoms with E-state index >= 15 is 0 Å². The van der Waals surface area contributed by atoms with Crippen LogP contribution in [-0.2, 0) is 16.4 Å². The van der Waals surface area contributed by atoms with Crippen LogP contribution in [0.4, 0.5) is 0 Å². The summed E-state index contributed by atoms with van der Waals surface area (Å²) >= 11 is 0. The highest BCUT2D eigenvalue weighted by molar-refractivity contribution is 7.91. The zero-order chi connectivity index (χ0) is 24.6. The van der Waals surface area contributed by atoms with Gasteiger partial charge >= 0.3 is 0 Å². The minimum Gasteiger partial charge on any atom is -0.496 e. The van der Waals surface area contributed by atoms with Crippen LogP contribution < -0.4 is 10.1 Å². The number of carbonyl (C=O) groups is 1. The van der Waals surface area contributed by atoms with Crippen molar-refractivity contribution in [1.29, 1.82) is 0 Å². The van der Waals surface area contributed by atoms with Gasteiger partial charge in [-0.05, 0) is 25.5 Å². The fourth-order valence-electron chi connectivity index (χ4n) is 4.59. The summed E-state index contributed by atoms with van der Waals surface area (Å²) in [7, 11) is -1.52. The minimum atomic E-state index is -3.12. The van der Waals surface area contributed by atoms with Gasteiger partial charge in [-0.25, -0.2) is 18.1 Å². The summed E-state index contributed by atoms with van der Waals surface area (Å²) in [6.45, 7) is 2.12. The molecule has 9 heteroatoms. The Morgan fingerprint density at radius 3 is 2.60 bits per heavy atom. The van der Waals surface area contributed by atoms with E-state index in [1.54, 1.807) is 17.9 Å². The Hall–Kier alpha value is -3.72. The fourth-order valence-corrected chi connectivity index (χ4v) is 6.28. The first-order chi connectivity index (χ1) is 16.9. The molecular formula is C26H26N4O4S. The van der Waals surface area contributed by atoms with E-state index in [1.165, 1.54) is 0 Å². The predicted octanol–water partition coefficient (Wildman–Crippen LogP) is 3.70. The first-order valence-corrected chi connectivity index (χ1v) is 13.2. The largest absolute Gasteiger partial charge is 0.496 e. The van der Waals surface area contributed by atoms with E-state index in [2.05, 4.69) is 10.4 Å². The van der Waals surface area contributed by atoms with Gasteiger partial charge in [0.15, 0.2) is 15.5 Å². The molecule has 8 nitrogen and oxygen atoms in total. The maximum absolute atomic E-state index is 13.5. The van der Waals surface area contributed by atoms with Crippen molar-refractivity contribution < 1.29 is 17.9 Å². The number of ether oxygens (including phenoxy) is 1. The molecule has 1 atom stereocenters. The lowest BCUT2D eigenvalue weighted by Crippen LogP contribution is -2.23. The van der Waals surface area contributed by atoms with Gasteiger partial charge in [-0.1, -0.05) is 48.5 Å². The van der Waals surface area contributed by atoms with E-state index in [4.69, 9.17) is 9.72 Å². The predicted molar refractivity (Wildman–Crippen MR) is 134 cm³/mol. The zero-order valence-electron chi connectivity index (χ0n) is 19.6. The number of sulfone groups is 1. The molecule has 4 aromatic rings. The standard InChI is InChI=1S/C26H26N4O4S/c1-17-24-21(26(31)27-15-19-10-6-7-11-23(19)34-2)14-22(18-8-4-3-5-9-18)28-25(24)30(29-17)20-12-13-35(32,33)16-20/h3-11,14,20H,12-13,15-16H2,1-2H3,(H,27,31). The number of aromatic nitrogens is 3. The molecule has 3 heterocycles. The number of aryl methyl sites for hydroxylation is 1. The zero-order valence-corrected chi connectivity index (χ0v) is 20.4. The number of amides is 1. The van der Waals surface area contributed by atoms with Gasteiger partial charge in [0.2, 0.25) is 0 Å². The van der Waals surface area contributed by atoms with Gasteiger partial charge in [0.25, 0.3) is 5.91 Å². The van der Waals surface area contributed by atoms with Crippen molar-refractivity contribution >= 4 is 26.8 Å². The van der Waals surface area contributed by atoms with Gasteiger partial charge in [0.1, 0.15) is 5.75 Å². The van der Waals surface area contributed by atoms with Crippen molar-refractivity contribution in [2.24, 2.45) is 0 Å². The Morgan fingerprint density at radius 1 is 1.14 bits per heavy atom. The van der Waals surface area contributed by atoms with Crippen LogP contribution >= 0.6 is 0 Å². The van der Waals surface area contributed by atoms with Crippen LogP contribution in [0.1, 0.15) is 34.1 Å². The van der Waals surface area contributed by atoms with E-state index in [-0.39, 0.29) is 23.5 Å². The summed E-state index contributed by atoms with van der Waals surface area (Å²) < 4.78 is 31.4. The second-order valence-corrected chi connectivity index (χ2v) is 10.9. The van der Waals surface area contributed by atoms with Crippen molar-refractivity contribution in [3.05, 3.63) is 77.5 Å². The number of nitrogens with one attached hydrogen (secondary N) is 1. The quantitative estimate of drug-likeness (QED) is 0.442. The second kappa shape index (κ2) is 9.14.